The second kappa shape index (κ2) is 5.16. The second-order valence-corrected chi connectivity index (χ2v) is 2.35. The number of hydrogen-bond acceptors (Lipinski definition) is 3. The minimum absolute atomic E-state index is 0.0231. The van der Waals surface area contributed by atoms with Crippen LogP contribution < -0.4 is 0 Å². The van der Waals surface area contributed by atoms with Crippen LogP contribution in [0.4, 0.5) is 0 Å². The minimum Gasteiger partial charge on any atom is -0.466 e. The molecule has 0 N–H and O–H groups in total. The van der Waals surface area contributed by atoms with Gasteiger partial charge in [-0.15, -0.1) is 0 Å². The number of epoxide rings is 1. The highest BCUT2D eigenvalue weighted by atomic mass is 35.5. The number of hydrogen-bond donors (Lipinski definition) is 0. The molecule has 0 radical (unpaired) electrons. The van der Waals surface area contributed by atoms with Crippen molar-refractivity contribution in [1.82, 2.24) is 0 Å². The van der Waals surface area contributed by atoms with Gasteiger partial charge in [0.15, 0.2) is 5.56 Å². The predicted molar refractivity (Wildman–Crippen MR) is 42.4 cm³/mol. The molecule has 0 amide bonds. The van der Waals surface area contributed by atoms with Gasteiger partial charge in [0.05, 0.1) is 13.2 Å². The summed E-state index contributed by atoms with van der Waals surface area (Å²) in [6, 6.07) is 0. The maximum atomic E-state index is 9.84. The molecular weight excluding hydrogens is 168 g/mol. The van der Waals surface area contributed by atoms with E-state index in [1.807, 2.05) is 6.92 Å². The first-order valence-corrected chi connectivity index (χ1v) is 3.55. The fourth-order valence-electron chi connectivity index (χ4n) is 0.243. The molecule has 1 heterocycles. The maximum absolute atomic E-state index is 9.84. The van der Waals surface area contributed by atoms with Crippen LogP contribution >= 0.6 is 11.6 Å². The van der Waals surface area contributed by atoms with Crippen LogP contribution in [-0.4, -0.2) is 24.7 Å². The van der Waals surface area contributed by atoms with Crippen molar-refractivity contribution in [3.05, 3.63) is 12.7 Å². The number of rotatable bonds is 1. The molecule has 11 heavy (non-hydrogen) atoms. The highest BCUT2D eigenvalue weighted by Gasteiger charge is 2.30. The first kappa shape index (κ1) is 10.5. The van der Waals surface area contributed by atoms with Crippen LogP contribution in [0.25, 0.3) is 0 Å². The summed E-state index contributed by atoms with van der Waals surface area (Å²) < 4.78 is 8.82. The van der Waals surface area contributed by atoms with Crippen molar-refractivity contribution in [2.24, 2.45) is 0 Å². The molecule has 1 aliphatic rings. The Balaban J connectivity index is 0.000000183. The Kier molecular flexibility index (Phi) is 4.90. The molecule has 1 rings (SSSR count). The molecule has 0 aliphatic carbocycles. The summed E-state index contributed by atoms with van der Waals surface area (Å²) in [5, 5.41) is 0. The van der Waals surface area contributed by atoms with Crippen molar-refractivity contribution in [3.63, 3.8) is 0 Å². The normalized spacial score (nSPS) is 26.1. The molecule has 0 aromatic heterocycles. The van der Waals surface area contributed by atoms with Crippen LogP contribution in [0.1, 0.15) is 6.92 Å². The molecule has 1 saturated heterocycles. The molecule has 0 bridgehead atoms. The summed E-state index contributed by atoms with van der Waals surface area (Å²) in [5.41, 5.74) is 0.0231. The zero-order valence-electron chi connectivity index (χ0n) is 6.54. The number of alkyl halides is 1. The predicted octanol–water partition coefficient (Wildman–Crippen LogP) is 1.32. The monoisotopic (exact) mass is 178 g/mol. The van der Waals surface area contributed by atoms with Crippen LogP contribution in [-0.2, 0) is 14.3 Å². The van der Waals surface area contributed by atoms with Crippen molar-refractivity contribution < 1.29 is 14.3 Å². The third-order valence-electron chi connectivity index (χ3n) is 1.00. The third kappa shape index (κ3) is 5.88. The summed E-state index contributed by atoms with van der Waals surface area (Å²) >= 11 is 5.31. The molecule has 4 heteroatoms. The van der Waals surface area contributed by atoms with E-state index >= 15 is 0 Å². The fourth-order valence-corrected chi connectivity index (χ4v) is 0.405. The minimum atomic E-state index is -0.394. The summed E-state index contributed by atoms with van der Waals surface area (Å²) in [7, 11) is 1.31. The lowest BCUT2D eigenvalue weighted by molar-refractivity contribution is -0.134. The second-order valence-electron chi connectivity index (χ2n) is 1.92. The Labute approximate surface area is 70.9 Å². The van der Waals surface area contributed by atoms with Gasteiger partial charge in [-0.05, 0) is 6.92 Å². The molecule has 0 aromatic carbocycles. The van der Waals surface area contributed by atoms with E-state index in [-0.39, 0.29) is 5.56 Å². The van der Waals surface area contributed by atoms with Crippen LogP contribution in [0.2, 0.25) is 0 Å². The Morgan fingerprint density at radius 3 is 2.18 bits per heavy atom. The van der Waals surface area contributed by atoms with E-state index in [0.29, 0.717) is 6.10 Å². The van der Waals surface area contributed by atoms with Crippen molar-refractivity contribution in [3.8, 4) is 0 Å². The summed E-state index contributed by atoms with van der Waals surface area (Å²) in [5.74, 6) is -0.394. The van der Waals surface area contributed by atoms with Gasteiger partial charge in [-0.3, -0.25) is 0 Å². The smallest absolute Gasteiger partial charge is 0.329 e. The van der Waals surface area contributed by atoms with Crippen molar-refractivity contribution in [2.45, 2.75) is 18.6 Å². The average molecular weight is 179 g/mol. The Bertz CT molecular complexity index is 141. The van der Waals surface area contributed by atoms with Gasteiger partial charge < -0.3 is 9.47 Å². The van der Waals surface area contributed by atoms with Gasteiger partial charge in [-0.2, -0.15) is 0 Å². The van der Waals surface area contributed by atoms with E-state index in [9.17, 15) is 4.79 Å². The largest absolute Gasteiger partial charge is 0.466 e. The van der Waals surface area contributed by atoms with Crippen molar-refractivity contribution in [2.75, 3.05) is 7.11 Å². The number of ether oxygens (including phenoxy) is 2. The maximum Gasteiger partial charge on any atom is 0.329 e. The van der Waals surface area contributed by atoms with Crippen molar-refractivity contribution >= 4 is 17.6 Å². The lowest BCUT2D eigenvalue weighted by atomic mass is 10.6. The Hall–Kier alpha value is -0.540. The number of methoxy groups -OCH3 is 1. The average Bonchev–Trinajstić information content (AvgIpc) is 2.64. The van der Waals surface area contributed by atoms with Gasteiger partial charge in [-0.25, -0.2) is 4.79 Å². The molecule has 64 valence electrons. The quantitative estimate of drug-likeness (QED) is 0.263. The van der Waals surface area contributed by atoms with Gasteiger partial charge in [0.25, 0.3) is 0 Å². The van der Waals surface area contributed by atoms with E-state index in [2.05, 4.69) is 16.1 Å². The fraction of sp³-hybridized carbons (Fsp3) is 0.571. The standard InChI is InChI=1S/C4H6O2.C3H5ClO/c1-3-4(5)6-2;1-2-3(4)5-2/h3H,1H2,2H3;2-3H,1H3. The lowest BCUT2D eigenvalue weighted by Gasteiger charge is -1.83. The first-order valence-electron chi connectivity index (χ1n) is 3.11. The molecular formula is C7H11ClO3. The topological polar surface area (TPSA) is 38.8 Å². The molecule has 0 saturated carbocycles. The molecule has 1 fully saturated rings. The van der Waals surface area contributed by atoms with Crippen LogP contribution in [0.5, 0.6) is 0 Å². The lowest BCUT2D eigenvalue weighted by Crippen LogP contribution is -1.91. The van der Waals surface area contributed by atoms with E-state index < -0.39 is 5.97 Å². The van der Waals surface area contributed by atoms with E-state index in [1.165, 1.54) is 7.11 Å². The first-order chi connectivity index (χ1) is 5.11. The van der Waals surface area contributed by atoms with Crippen LogP contribution in [0, 0.1) is 0 Å². The number of carbonyl (C=O) groups is 1. The Morgan fingerprint density at radius 2 is 2.18 bits per heavy atom. The van der Waals surface area contributed by atoms with Gasteiger partial charge in [-0.1, -0.05) is 18.2 Å². The third-order valence-corrected chi connectivity index (χ3v) is 1.46. The summed E-state index contributed by atoms with van der Waals surface area (Å²) in [6.45, 7) is 5.10. The molecule has 2 unspecified atom stereocenters. The molecule has 2 atom stereocenters. The molecule has 0 aromatic rings. The number of halogens is 1. The van der Waals surface area contributed by atoms with Gasteiger partial charge in [0, 0.05) is 6.08 Å². The zero-order chi connectivity index (χ0) is 8.85. The molecule has 3 nitrogen and oxygen atoms in total. The van der Waals surface area contributed by atoms with E-state index in [0.717, 1.165) is 6.08 Å². The van der Waals surface area contributed by atoms with Gasteiger partial charge in [0.1, 0.15) is 0 Å². The van der Waals surface area contributed by atoms with E-state index in [4.69, 9.17) is 11.6 Å². The number of carbonyl (C=O) groups excluding carboxylic acids is 1. The molecule has 1 aliphatic heterocycles. The van der Waals surface area contributed by atoms with Crippen LogP contribution in [0.15, 0.2) is 12.7 Å². The number of esters is 1. The Morgan fingerprint density at radius 1 is 1.82 bits per heavy atom. The summed E-state index contributed by atoms with van der Waals surface area (Å²) in [6.07, 6.45) is 1.43. The van der Waals surface area contributed by atoms with Crippen molar-refractivity contribution in [1.29, 1.82) is 0 Å². The van der Waals surface area contributed by atoms with Crippen LogP contribution in [0.3, 0.4) is 0 Å². The highest BCUT2D eigenvalue weighted by molar-refractivity contribution is 6.21. The SMILES string of the molecule is C=CC(=O)OC.CC1OC1Cl. The summed E-state index contributed by atoms with van der Waals surface area (Å²) in [4.78, 5) is 9.84. The molecule has 0 spiro atoms. The van der Waals surface area contributed by atoms with Gasteiger partial charge in [0.2, 0.25) is 0 Å². The highest BCUT2D eigenvalue weighted by Crippen LogP contribution is 2.23. The van der Waals surface area contributed by atoms with Gasteiger partial charge >= 0.3 is 5.97 Å². The zero-order valence-corrected chi connectivity index (χ0v) is 7.30. The van der Waals surface area contributed by atoms with E-state index in [1.54, 1.807) is 0 Å².